The van der Waals surface area contributed by atoms with Gasteiger partial charge in [-0.25, -0.2) is 5.84 Å². The second kappa shape index (κ2) is 8.39. The highest BCUT2D eigenvalue weighted by atomic mass is 16.5. The molecule has 3 N–H and O–H groups in total. The summed E-state index contributed by atoms with van der Waals surface area (Å²) in [6.07, 6.45) is 0.296. The second-order valence-electron chi connectivity index (χ2n) is 5.47. The lowest BCUT2D eigenvalue weighted by Gasteiger charge is -2.36. The van der Waals surface area contributed by atoms with Gasteiger partial charge >= 0.3 is 0 Å². The number of carbonyl (C=O) groups excluding carboxylic acids is 2. The Hall–Kier alpha value is -2.48. The van der Waals surface area contributed by atoms with Crippen molar-refractivity contribution < 1.29 is 19.1 Å². The zero-order valence-corrected chi connectivity index (χ0v) is 14.1. The van der Waals surface area contributed by atoms with Crippen LogP contribution in [0.3, 0.4) is 0 Å². The van der Waals surface area contributed by atoms with Crippen molar-refractivity contribution in [3.8, 4) is 11.5 Å². The maximum absolute atomic E-state index is 12.1. The summed E-state index contributed by atoms with van der Waals surface area (Å²) in [4.78, 5) is 27.2. The normalized spacial score (nSPS) is 14.3. The molecule has 2 rings (SSSR count). The highest BCUT2D eigenvalue weighted by Crippen LogP contribution is 2.31. The molecule has 0 aromatic heterocycles. The summed E-state index contributed by atoms with van der Waals surface area (Å²) in [6.45, 7) is 2.70. The molecule has 8 heteroatoms. The van der Waals surface area contributed by atoms with E-state index in [0.717, 1.165) is 18.8 Å². The first kappa shape index (κ1) is 17.9. The lowest BCUT2D eigenvalue weighted by molar-refractivity contribution is -0.133. The summed E-state index contributed by atoms with van der Waals surface area (Å²) in [5.74, 6) is 6.03. The number of hydrogen-bond acceptors (Lipinski definition) is 6. The zero-order chi connectivity index (χ0) is 17.5. The number of ether oxygens (including phenoxy) is 2. The number of methoxy groups -OCH3 is 2. The van der Waals surface area contributed by atoms with Gasteiger partial charge in [0, 0.05) is 50.8 Å². The van der Waals surface area contributed by atoms with Crippen molar-refractivity contribution in [2.75, 3.05) is 45.3 Å². The van der Waals surface area contributed by atoms with E-state index in [-0.39, 0.29) is 24.7 Å². The summed E-state index contributed by atoms with van der Waals surface area (Å²) in [5, 5.41) is 0. The average Bonchev–Trinajstić information content (AvgIpc) is 2.65. The Morgan fingerprint density at radius 1 is 1.08 bits per heavy atom. The molecule has 1 aliphatic heterocycles. The van der Waals surface area contributed by atoms with Crippen molar-refractivity contribution in [3.63, 3.8) is 0 Å². The van der Waals surface area contributed by atoms with E-state index in [2.05, 4.69) is 4.90 Å². The monoisotopic (exact) mass is 336 g/mol. The highest BCUT2D eigenvalue weighted by Gasteiger charge is 2.22. The molecule has 0 spiro atoms. The Kier molecular flexibility index (Phi) is 6.25. The molecule has 8 nitrogen and oxygen atoms in total. The lowest BCUT2D eigenvalue weighted by atomic mass is 10.2. The van der Waals surface area contributed by atoms with Gasteiger partial charge in [0.25, 0.3) is 0 Å². The summed E-state index contributed by atoms with van der Waals surface area (Å²) in [5.41, 5.74) is 3.06. The molecule has 0 unspecified atom stereocenters. The maximum Gasteiger partial charge on any atom is 0.234 e. The van der Waals surface area contributed by atoms with Crippen LogP contribution >= 0.6 is 0 Å². The summed E-state index contributed by atoms with van der Waals surface area (Å²) in [7, 11) is 3.21. The fourth-order valence-corrected chi connectivity index (χ4v) is 2.69. The van der Waals surface area contributed by atoms with E-state index in [9.17, 15) is 9.59 Å². The third-order valence-corrected chi connectivity index (χ3v) is 4.09. The van der Waals surface area contributed by atoms with Gasteiger partial charge in [-0.05, 0) is 12.1 Å². The molecule has 0 atom stereocenters. The fourth-order valence-electron chi connectivity index (χ4n) is 2.69. The highest BCUT2D eigenvalue weighted by molar-refractivity contribution is 5.83. The molecule has 1 fully saturated rings. The van der Waals surface area contributed by atoms with Gasteiger partial charge in [0.2, 0.25) is 11.8 Å². The van der Waals surface area contributed by atoms with Crippen molar-refractivity contribution in [1.82, 2.24) is 10.3 Å². The van der Waals surface area contributed by atoms with Crippen molar-refractivity contribution in [2.24, 2.45) is 5.84 Å². The Balaban J connectivity index is 1.90. The molecular weight excluding hydrogens is 312 g/mol. The van der Waals surface area contributed by atoms with Gasteiger partial charge in [0.15, 0.2) is 11.5 Å². The molecule has 0 bridgehead atoms. The predicted molar refractivity (Wildman–Crippen MR) is 89.9 cm³/mol. The van der Waals surface area contributed by atoms with Crippen LogP contribution in [0.1, 0.15) is 12.8 Å². The fraction of sp³-hybridized carbons (Fsp3) is 0.500. The first-order valence-electron chi connectivity index (χ1n) is 7.83. The summed E-state index contributed by atoms with van der Waals surface area (Å²) in [6, 6.07) is 5.78. The largest absolute Gasteiger partial charge is 0.493 e. The number of rotatable bonds is 6. The van der Waals surface area contributed by atoms with Gasteiger partial charge in [-0.15, -0.1) is 0 Å². The molecule has 1 heterocycles. The van der Waals surface area contributed by atoms with Crippen molar-refractivity contribution >= 4 is 17.5 Å². The molecule has 0 aliphatic carbocycles. The molecule has 1 aliphatic rings. The molecule has 24 heavy (non-hydrogen) atoms. The summed E-state index contributed by atoms with van der Waals surface area (Å²) < 4.78 is 10.6. The standard InChI is InChI=1S/C16H24N4O4/c1-23-13-4-3-12(11-14(13)24-2)19-7-9-20(10-8-19)16(22)6-5-15(21)18-17/h3-4,11H,5-10,17H2,1-2H3,(H,18,21). The zero-order valence-electron chi connectivity index (χ0n) is 14.1. The average molecular weight is 336 g/mol. The van der Waals surface area contributed by atoms with Crippen LogP contribution in [-0.4, -0.2) is 57.1 Å². The van der Waals surface area contributed by atoms with Crippen LogP contribution < -0.4 is 25.6 Å². The third-order valence-electron chi connectivity index (χ3n) is 4.09. The first-order valence-corrected chi connectivity index (χ1v) is 7.83. The molecule has 0 saturated carbocycles. The van der Waals surface area contributed by atoms with E-state index in [4.69, 9.17) is 15.3 Å². The van der Waals surface area contributed by atoms with Crippen LogP contribution in [0.5, 0.6) is 11.5 Å². The molecule has 1 aromatic rings. The minimum atomic E-state index is -0.327. The predicted octanol–water partition coefficient (Wildman–Crippen LogP) is 0.123. The van der Waals surface area contributed by atoms with Gasteiger partial charge in [-0.2, -0.15) is 0 Å². The Morgan fingerprint density at radius 2 is 1.75 bits per heavy atom. The molecule has 2 amide bonds. The van der Waals surface area contributed by atoms with Gasteiger partial charge in [0.1, 0.15) is 0 Å². The van der Waals surface area contributed by atoms with Gasteiger partial charge in [0.05, 0.1) is 14.2 Å². The Bertz CT molecular complexity index is 585. The molecule has 1 saturated heterocycles. The SMILES string of the molecule is COc1ccc(N2CCN(C(=O)CCC(=O)NN)CC2)cc1OC. The van der Waals surface area contributed by atoms with E-state index < -0.39 is 0 Å². The Morgan fingerprint density at radius 3 is 2.33 bits per heavy atom. The molecule has 1 aromatic carbocycles. The van der Waals surface area contributed by atoms with E-state index in [0.29, 0.717) is 24.6 Å². The quantitative estimate of drug-likeness (QED) is 0.435. The maximum atomic E-state index is 12.1. The topological polar surface area (TPSA) is 97.1 Å². The van der Waals surface area contributed by atoms with Gasteiger partial charge in [-0.1, -0.05) is 0 Å². The number of carbonyl (C=O) groups is 2. The minimum absolute atomic E-state index is 0.0226. The number of piperazine rings is 1. The van der Waals surface area contributed by atoms with Gasteiger partial charge < -0.3 is 19.3 Å². The lowest BCUT2D eigenvalue weighted by Crippen LogP contribution is -2.49. The van der Waals surface area contributed by atoms with Crippen LogP contribution in [0.15, 0.2) is 18.2 Å². The molecule has 0 radical (unpaired) electrons. The second-order valence-corrected chi connectivity index (χ2v) is 5.47. The number of anilines is 1. The van der Waals surface area contributed by atoms with E-state index in [1.54, 1.807) is 19.1 Å². The van der Waals surface area contributed by atoms with Crippen molar-refractivity contribution in [2.45, 2.75) is 12.8 Å². The van der Waals surface area contributed by atoms with Crippen LogP contribution in [0.25, 0.3) is 0 Å². The summed E-state index contributed by atoms with van der Waals surface area (Å²) >= 11 is 0. The number of nitrogens with zero attached hydrogens (tertiary/aromatic N) is 2. The third kappa shape index (κ3) is 4.29. The molecule has 132 valence electrons. The number of nitrogens with one attached hydrogen (secondary N) is 1. The van der Waals surface area contributed by atoms with Crippen LogP contribution in [-0.2, 0) is 9.59 Å². The van der Waals surface area contributed by atoms with Gasteiger partial charge in [-0.3, -0.25) is 15.0 Å². The van der Waals surface area contributed by atoms with Crippen molar-refractivity contribution in [3.05, 3.63) is 18.2 Å². The van der Waals surface area contributed by atoms with E-state index >= 15 is 0 Å². The molecular formula is C16H24N4O4. The van der Waals surface area contributed by atoms with E-state index in [1.807, 2.05) is 23.6 Å². The number of hydrogen-bond donors (Lipinski definition) is 2. The minimum Gasteiger partial charge on any atom is -0.493 e. The number of nitrogens with two attached hydrogens (primary N) is 1. The number of amides is 2. The smallest absolute Gasteiger partial charge is 0.234 e. The number of hydrazine groups is 1. The first-order chi connectivity index (χ1) is 11.6. The van der Waals surface area contributed by atoms with Crippen molar-refractivity contribution in [1.29, 1.82) is 0 Å². The Labute approximate surface area is 141 Å². The van der Waals surface area contributed by atoms with E-state index in [1.165, 1.54) is 0 Å². The van der Waals surface area contributed by atoms with Crippen LogP contribution in [0.4, 0.5) is 5.69 Å². The van der Waals surface area contributed by atoms with Crippen LogP contribution in [0.2, 0.25) is 0 Å². The van der Waals surface area contributed by atoms with Crippen LogP contribution in [0, 0.1) is 0 Å². The number of benzene rings is 1.